The minimum absolute atomic E-state index is 0.0438. The highest BCUT2D eigenvalue weighted by molar-refractivity contribution is 9.10. The van der Waals surface area contributed by atoms with Crippen molar-refractivity contribution in [2.75, 3.05) is 0 Å². The molecule has 0 saturated carbocycles. The van der Waals surface area contributed by atoms with Crippen molar-refractivity contribution in [3.63, 3.8) is 0 Å². The van der Waals surface area contributed by atoms with Gasteiger partial charge in [-0.3, -0.25) is 4.79 Å². The van der Waals surface area contributed by atoms with Crippen molar-refractivity contribution < 1.29 is 19.1 Å². The number of hydrogen-bond donors (Lipinski definition) is 1. The Bertz CT molecular complexity index is 465. The van der Waals surface area contributed by atoms with Crippen LogP contribution in [0.15, 0.2) is 22.7 Å². The first-order valence-electron chi connectivity index (χ1n) is 5.29. The van der Waals surface area contributed by atoms with E-state index in [1.54, 1.807) is 13.8 Å². The van der Waals surface area contributed by atoms with E-state index >= 15 is 0 Å². The molecule has 1 N–H and O–H groups in total. The first kappa shape index (κ1) is 14.6. The van der Waals surface area contributed by atoms with E-state index in [4.69, 9.17) is 0 Å². The van der Waals surface area contributed by atoms with Crippen molar-refractivity contribution in [2.45, 2.75) is 25.9 Å². The van der Waals surface area contributed by atoms with Gasteiger partial charge in [-0.15, -0.1) is 0 Å². The van der Waals surface area contributed by atoms with Crippen LogP contribution < -0.4 is 0 Å². The molecule has 0 radical (unpaired) electrons. The van der Waals surface area contributed by atoms with E-state index in [1.807, 2.05) is 0 Å². The number of carbonyl (C=O) groups is 2. The van der Waals surface area contributed by atoms with E-state index in [2.05, 4.69) is 15.9 Å². The molecule has 6 heteroatoms. The zero-order chi connectivity index (χ0) is 13.9. The van der Waals surface area contributed by atoms with Gasteiger partial charge in [0.1, 0.15) is 5.82 Å². The quantitative estimate of drug-likeness (QED) is 0.849. The molecule has 1 aromatic carbocycles. The van der Waals surface area contributed by atoms with Crippen LogP contribution in [-0.2, 0) is 9.59 Å². The standard InChI is InChI=1S/C12H13BrFNO3/c1-7(2)15(6-16)11(12(17)18)9-5-8(13)3-4-10(9)14/h3-7,11H,1-2H3,(H,17,18). The number of carbonyl (C=O) groups excluding carboxylic acids is 1. The largest absolute Gasteiger partial charge is 0.479 e. The van der Waals surface area contributed by atoms with Crippen LogP contribution in [-0.4, -0.2) is 28.4 Å². The van der Waals surface area contributed by atoms with Gasteiger partial charge in [-0.25, -0.2) is 9.18 Å². The minimum atomic E-state index is -1.33. The summed E-state index contributed by atoms with van der Waals surface area (Å²) in [5.41, 5.74) is -0.0438. The van der Waals surface area contributed by atoms with Gasteiger partial charge in [-0.2, -0.15) is 0 Å². The maximum absolute atomic E-state index is 13.7. The molecule has 0 aliphatic carbocycles. The molecule has 0 spiro atoms. The van der Waals surface area contributed by atoms with E-state index in [0.717, 1.165) is 4.90 Å². The Morgan fingerprint density at radius 3 is 2.56 bits per heavy atom. The fourth-order valence-corrected chi connectivity index (χ4v) is 2.00. The smallest absolute Gasteiger partial charge is 0.331 e. The van der Waals surface area contributed by atoms with E-state index < -0.39 is 17.8 Å². The van der Waals surface area contributed by atoms with Crippen LogP contribution in [0.2, 0.25) is 0 Å². The topological polar surface area (TPSA) is 57.6 Å². The SMILES string of the molecule is CC(C)N(C=O)C(C(=O)O)c1cc(Br)ccc1F. The molecule has 0 fully saturated rings. The highest BCUT2D eigenvalue weighted by Gasteiger charge is 2.30. The van der Waals surface area contributed by atoms with E-state index in [1.165, 1.54) is 18.2 Å². The van der Waals surface area contributed by atoms with Crippen LogP contribution in [0.4, 0.5) is 4.39 Å². The zero-order valence-electron chi connectivity index (χ0n) is 9.93. The molecule has 1 atom stereocenters. The molecule has 0 saturated heterocycles. The number of nitrogens with zero attached hydrogens (tertiary/aromatic N) is 1. The minimum Gasteiger partial charge on any atom is -0.479 e. The number of carboxylic acid groups (broad SMARTS) is 1. The summed E-state index contributed by atoms with van der Waals surface area (Å²) in [5.74, 6) is -1.93. The molecule has 98 valence electrons. The maximum Gasteiger partial charge on any atom is 0.331 e. The van der Waals surface area contributed by atoms with Gasteiger partial charge in [0.2, 0.25) is 6.41 Å². The summed E-state index contributed by atoms with van der Waals surface area (Å²) in [7, 11) is 0. The van der Waals surface area contributed by atoms with Gasteiger partial charge in [0.25, 0.3) is 0 Å². The summed E-state index contributed by atoms with van der Waals surface area (Å²) in [5, 5.41) is 9.21. The number of rotatable bonds is 5. The second-order valence-electron chi connectivity index (χ2n) is 4.05. The normalized spacial score (nSPS) is 12.3. The number of amides is 1. The third-order valence-corrected chi connectivity index (χ3v) is 3.00. The number of carboxylic acids is 1. The van der Waals surface area contributed by atoms with Gasteiger partial charge in [0.05, 0.1) is 0 Å². The summed E-state index contributed by atoms with van der Waals surface area (Å²) in [4.78, 5) is 23.3. The number of hydrogen-bond acceptors (Lipinski definition) is 2. The molecule has 0 aliphatic heterocycles. The van der Waals surface area contributed by atoms with Crippen LogP contribution >= 0.6 is 15.9 Å². The lowest BCUT2D eigenvalue weighted by molar-refractivity contribution is -0.148. The fraction of sp³-hybridized carbons (Fsp3) is 0.333. The zero-order valence-corrected chi connectivity index (χ0v) is 11.5. The summed E-state index contributed by atoms with van der Waals surface area (Å²) < 4.78 is 14.3. The molecule has 0 heterocycles. The molecule has 1 unspecified atom stereocenters. The van der Waals surface area contributed by atoms with Gasteiger partial charge in [0, 0.05) is 16.1 Å². The van der Waals surface area contributed by atoms with Crippen LogP contribution in [0.5, 0.6) is 0 Å². The summed E-state index contributed by atoms with van der Waals surface area (Å²) in [6, 6.07) is 2.33. The van der Waals surface area contributed by atoms with Crippen molar-refractivity contribution in [1.29, 1.82) is 0 Å². The average Bonchev–Trinajstić information content (AvgIpc) is 2.28. The molecule has 1 rings (SSSR count). The van der Waals surface area contributed by atoms with Gasteiger partial charge >= 0.3 is 5.97 Å². The predicted molar refractivity (Wildman–Crippen MR) is 67.5 cm³/mol. The van der Waals surface area contributed by atoms with Gasteiger partial charge in [0.15, 0.2) is 6.04 Å². The Hall–Kier alpha value is -1.43. The third kappa shape index (κ3) is 3.07. The Balaban J connectivity index is 3.31. The lowest BCUT2D eigenvalue weighted by Gasteiger charge is -2.29. The van der Waals surface area contributed by atoms with Crippen molar-refractivity contribution >= 4 is 28.3 Å². The molecule has 1 amide bonds. The Morgan fingerprint density at radius 1 is 1.50 bits per heavy atom. The number of aliphatic carboxylic acids is 1. The highest BCUT2D eigenvalue weighted by Crippen LogP contribution is 2.27. The molecule has 4 nitrogen and oxygen atoms in total. The molecule has 0 aromatic heterocycles. The average molecular weight is 318 g/mol. The van der Waals surface area contributed by atoms with Crippen molar-refractivity contribution in [2.24, 2.45) is 0 Å². The molecular formula is C12H13BrFNO3. The Labute approximate surface area is 113 Å². The van der Waals surface area contributed by atoms with E-state index in [-0.39, 0.29) is 11.6 Å². The van der Waals surface area contributed by atoms with Crippen LogP contribution in [0.3, 0.4) is 0 Å². The summed E-state index contributed by atoms with van der Waals surface area (Å²) >= 11 is 3.16. The lowest BCUT2D eigenvalue weighted by atomic mass is 10.0. The van der Waals surface area contributed by atoms with E-state index in [9.17, 15) is 19.1 Å². The van der Waals surface area contributed by atoms with Crippen LogP contribution in [0.1, 0.15) is 25.5 Å². The van der Waals surface area contributed by atoms with Crippen molar-refractivity contribution in [3.05, 3.63) is 34.1 Å². The second kappa shape index (κ2) is 5.95. The van der Waals surface area contributed by atoms with Gasteiger partial charge in [-0.1, -0.05) is 15.9 Å². The predicted octanol–water partition coefficient (Wildman–Crippen LogP) is 2.58. The second-order valence-corrected chi connectivity index (χ2v) is 4.97. The number of halogens is 2. The molecule has 0 bridgehead atoms. The first-order valence-corrected chi connectivity index (χ1v) is 6.08. The van der Waals surface area contributed by atoms with Crippen molar-refractivity contribution in [1.82, 2.24) is 4.90 Å². The van der Waals surface area contributed by atoms with Gasteiger partial charge < -0.3 is 10.0 Å². The fourth-order valence-electron chi connectivity index (χ4n) is 1.63. The van der Waals surface area contributed by atoms with Crippen molar-refractivity contribution in [3.8, 4) is 0 Å². The van der Waals surface area contributed by atoms with E-state index in [0.29, 0.717) is 10.9 Å². The van der Waals surface area contributed by atoms with Crippen LogP contribution in [0, 0.1) is 5.82 Å². The molecular weight excluding hydrogens is 305 g/mol. The monoisotopic (exact) mass is 317 g/mol. The third-order valence-electron chi connectivity index (χ3n) is 2.50. The Kier molecular flexibility index (Phi) is 4.84. The molecule has 1 aromatic rings. The molecule has 0 aliphatic rings. The van der Waals surface area contributed by atoms with Crippen LogP contribution in [0.25, 0.3) is 0 Å². The van der Waals surface area contributed by atoms with Gasteiger partial charge in [-0.05, 0) is 32.0 Å². The molecule has 18 heavy (non-hydrogen) atoms. The first-order chi connectivity index (χ1) is 8.38. The summed E-state index contributed by atoms with van der Waals surface area (Å²) in [6.07, 6.45) is 0.420. The maximum atomic E-state index is 13.7. The number of benzene rings is 1. The lowest BCUT2D eigenvalue weighted by Crippen LogP contribution is -2.38. The summed E-state index contributed by atoms with van der Waals surface area (Å²) in [6.45, 7) is 3.33. The Morgan fingerprint density at radius 2 is 2.11 bits per heavy atom. The highest BCUT2D eigenvalue weighted by atomic mass is 79.9.